The fourth-order valence-corrected chi connectivity index (χ4v) is 20.2. The molecule has 2 unspecified atom stereocenters. The van der Waals surface area contributed by atoms with Gasteiger partial charge in [-0.1, -0.05) is 92.1 Å². The lowest BCUT2D eigenvalue weighted by molar-refractivity contribution is -0.134. The maximum Gasteiger partial charge on any atom is 0.270 e. The Bertz CT molecular complexity index is 5990. The quantitative estimate of drug-likeness (QED) is 0.0670. The zero-order chi connectivity index (χ0) is 89.2. The summed E-state index contributed by atoms with van der Waals surface area (Å²) in [6.07, 6.45) is 9.35. The lowest BCUT2D eigenvalue weighted by Gasteiger charge is -2.40. The van der Waals surface area contributed by atoms with Crippen LogP contribution in [0, 0.1) is 53.1 Å². The van der Waals surface area contributed by atoms with Crippen LogP contribution in [0.4, 0.5) is 17.6 Å². The first-order valence-electron chi connectivity index (χ1n) is 39.9. The fraction of sp³-hybridized carbons (Fsp3) is 0.330. The minimum absolute atomic E-state index is 0.00708. The molecule has 17 rings (SSSR count). The normalized spacial score (nSPS) is 23.1. The number of amides is 5. The van der Waals surface area contributed by atoms with Gasteiger partial charge < -0.3 is 38.1 Å². The highest BCUT2D eigenvalue weighted by atomic mass is 32.1. The van der Waals surface area contributed by atoms with Crippen LogP contribution in [0.25, 0.3) is 32.3 Å². The van der Waals surface area contributed by atoms with Crippen LogP contribution in [0.5, 0.6) is 11.5 Å². The van der Waals surface area contributed by atoms with Crippen LogP contribution in [0.1, 0.15) is 150 Å². The summed E-state index contributed by atoms with van der Waals surface area (Å²) in [6, 6.07) is 46.1. The average Bonchev–Trinajstić information content (AvgIpc) is 1.39. The number of halogens is 4. The number of nitriles is 2. The van der Waals surface area contributed by atoms with Crippen LogP contribution in [0.3, 0.4) is 0 Å². The molecule has 10 aromatic rings. The van der Waals surface area contributed by atoms with Gasteiger partial charge in [-0.25, -0.2) is 47.5 Å². The molecule has 6 aliphatic heterocycles. The van der Waals surface area contributed by atoms with Gasteiger partial charge in [0.15, 0.2) is 41.3 Å². The van der Waals surface area contributed by atoms with Gasteiger partial charge in [0.2, 0.25) is 30.4 Å². The lowest BCUT2D eigenvalue weighted by atomic mass is 9.77. The number of benzene rings is 6. The highest BCUT2D eigenvalue weighted by molar-refractivity contribution is 7.17. The summed E-state index contributed by atoms with van der Waals surface area (Å²) in [7, 11) is 8.13. The lowest BCUT2D eigenvalue weighted by Crippen LogP contribution is -2.53. The number of aliphatic imine (C=N–C) groups is 5. The molecule has 4 aromatic heterocycles. The summed E-state index contributed by atoms with van der Waals surface area (Å²) in [5, 5.41) is 26.0. The van der Waals surface area contributed by atoms with E-state index in [-0.39, 0.29) is 84.1 Å². The third-order valence-electron chi connectivity index (χ3n) is 23.7. The van der Waals surface area contributed by atoms with Crippen molar-refractivity contribution in [2.75, 3.05) is 42.0 Å². The second-order valence-electron chi connectivity index (χ2n) is 32.2. The molecule has 6 aromatic carbocycles. The van der Waals surface area contributed by atoms with Gasteiger partial charge in [-0.2, -0.15) is 10.5 Å². The molecule has 25 nitrogen and oxygen atoms in total. The predicted molar refractivity (Wildman–Crippen MR) is 476 cm³/mol. The van der Waals surface area contributed by atoms with Gasteiger partial charge >= 0.3 is 0 Å². The van der Waals surface area contributed by atoms with E-state index in [0.29, 0.717) is 57.6 Å². The van der Waals surface area contributed by atoms with Crippen LogP contribution < -0.4 is 38.1 Å². The number of aromatic nitrogens is 1. The number of carbonyl (C=O) groups is 5. The molecule has 0 saturated heterocycles. The standard InChI is InChI=1S/C25H24N4OS.C20H20F2N4OS.C20H17F2N3OS.C16H16N4O3S.C10H17N3O/c1-25(22-14-20(16-31-22)19-10-6-9-18(13-19)15-26)21(23(30)29(2)24(27)28-25)12-11-17-7-4-3-5-8-17;1-11-13(10-23)9-15(28-11)19(2)16(17(27)26(4)18(24)25-19)12-5-7-14(8-6-12)20(3,21)22;1-20(10-17(26)25(2)19(23)24-20)13-5-11-3-4-27-18(11)16(8-13)12-6-14(21)9-15(22)7-12;1-16(14-18-5-6-24-14)12(13(21)20(2)15(17)19-16)9-3-4-10-11(7-9)23-8-22-10;1-13-9(14)8(12-10(13)11)7-5-3-2-4-6-7/h3-10,13-14,16,21H,11-12H2,1-2H3,(H2,27,28);5-9,16H,1-4H3,(H2,24,25);3-9H,10H2,1-2H3,(H2,23,24);3-7,12H,8H2,1-2H3,(H2,17,19);7-8H,2-6H2,1H3,(H2,11,12)/t21?,25-;16?,19-;20-;12-,16+;8-/m01011/s1. The zero-order valence-corrected chi connectivity index (χ0v) is 73.4. The molecule has 1 saturated carbocycles. The molecule has 642 valence electrons. The molecular formula is C91H94F4N18O7S4. The highest BCUT2D eigenvalue weighted by Gasteiger charge is 2.52. The average molecular weight is 1760 g/mol. The van der Waals surface area contributed by atoms with Crippen molar-refractivity contribution in [2.24, 2.45) is 65.5 Å². The Balaban J connectivity index is 0.000000135. The largest absolute Gasteiger partial charge is 0.454 e. The Labute approximate surface area is 731 Å². The minimum atomic E-state index is -2.97. The van der Waals surface area contributed by atoms with Gasteiger partial charge in [-0.05, 0) is 188 Å². The topological polar surface area (TPSA) is 372 Å². The number of alkyl halides is 2. The summed E-state index contributed by atoms with van der Waals surface area (Å²) in [6.45, 7) is 10.4. The van der Waals surface area contributed by atoms with E-state index in [1.165, 1.54) is 127 Å². The second-order valence-corrected chi connectivity index (χ2v) is 36.1. The molecule has 10 N–H and O–H groups in total. The number of guanidine groups is 5. The zero-order valence-electron chi connectivity index (χ0n) is 70.1. The van der Waals surface area contributed by atoms with Crippen molar-refractivity contribution in [3.05, 3.63) is 238 Å². The van der Waals surface area contributed by atoms with Gasteiger partial charge in [0, 0.05) is 90.3 Å². The number of rotatable bonds is 13. The summed E-state index contributed by atoms with van der Waals surface area (Å²) in [5.41, 5.74) is 33.6. The smallest absolute Gasteiger partial charge is 0.270 e. The van der Waals surface area contributed by atoms with E-state index < -0.39 is 51.5 Å². The van der Waals surface area contributed by atoms with E-state index in [1.807, 2.05) is 111 Å². The molecule has 5 amide bonds. The van der Waals surface area contributed by atoms with E-state index >= 15 is 0 Å². The van der Waals surface area contributed by atoms with E-state index in [0.717, 1.165) is 84.2 Å². The van der Waals surface area contributed by atoms with Crippen LogP contribution in [-0.4, -0.2) is 137 Å². The molecule has 124 heavy (non-hydrogen) atoms. The SMILES string of the molecule is CN1C(=O)C(CCc2ccccc2)[C@@](C)(c2cc(-c3cccc(C#N)c3)cs2)N=C1N.CN1C(=O)C[C@@](C)(c2cc(-c3cc(F)cc(F)c3)c3sccc3c2)N=C1N.CN1C(=O)[C@@H](C2CCCCC2)N=C1N.CN1C(=O)[C@@H](c2ccc3c(c2)OCO3)[C@@](C)(c2nccs2)N=C1N.Cc1sc([C@@]2(C)N=C(N)N(C)C(=O)C2c2ccc(C(C)(F)F)cc2)cc1C#N. The number of fused-ring (bicyclic) bond motifs is 2. The van der Waals surface area contributed by atoms with Crippen LogP contribution in [-0.2, 0) is 58.5 Å². The number of nitrogens with two attached hydrogens (primary N) is 5. The van der Waals surface area contributed by atoms with Gasteiger partial charge in [0.05, 0.1) is 46.9 Å². The molecule has 1 aliphatic carbocycles. The third-order valence-corrected chi connectivity index (χ3v) is 28.1. The molecule has 8 atom stereocenters. The highest BCUT2D eigenvalue weighted by Crippen LogP contribution is 2.51. The van der Waals surface area contributed by atoms with Crippen molar-refractivity contribution < 1.29 is 51.0 Å². The minimum Gasteiger partial charge on any atom is -0.454 e. The van der Waals surface area contributed by atoms with Crippen molar-refractivity contribution in [2.45, 2.75) is 139 Å². The number of hydrogen-bond acceptors (Lipinski definition) is 24. The third kappa shape index (κ3) is 18.1. The number of aryl methyl sites for hydroxylation is 2. The second kappa shape index (κ2) is 36.0. The number of likely N-dealkylation sites (N-methyl/N-ethyl adjacent to an activating group) is 3. The van der Waals surface area contributed by atoms with Gasteiger partial charge in [0.25, 0.3) is 11.8 Å². The van der Waals surface area contributed by atoms with Crippen molar-refractivity contribution >= 4 is 115 Å². The van der Waals surface area contributed by atoms with Crippen molar-refractivity contribution in [3.8, 4) is 45.9 Å². The Morgan fingerprint density at radius 1 is 0.573 bits per heavy atom. The Kier molecular flexibility index (Phi) is 25.9. The molecule has 1 fully saturated rings. The summed E-state index contributed by atoms with van der Waals surface area (Å²) in [4.78, 5) is 100. The molecule has 0 bridgehead atoms. The molecule has 33 heteroatoms. The number of thiazole rings is 1. The number of ether oxygens (including phenoxy) is 2. The Morgan fingerprint density at radius 2 is 1.19 bits per heavy atom. The Hall–Kier alpha value is -12.7. The number of thiophene rings is 3. The maximum atomic E-state index is 13.8. The summed E-state index contributed by atoms with van der Waals surface area (Å²) in [5.74, 6) is -3.55. The molecular weight excluding hydrogens is 1660 g/mol. The first-order chi connectivity index (χ1) is 58.9. The summed E-state index contributed by atoms with van der Waals surface area (Å²) >= 11 is 5.91. The van der Waals surface area contributed by atoms with Crippen molar-refractivity contribution in [3.63, 3.8) is 0 Å². The monoisotopic (exact) mass is 1750 g/mol. The van der Waals surface area contributed by atoms with E-state index in [1.54, 1.807) is 64.8 Å². The molecule has 10 heterocycles. The van der Waals surface area contributed by atoms with Crippen LogP contribution >= 0.6 is 45.3 Å². The number of nitrogens with zero attached hydrogens (tertiary/aromatic N) is 13. The summed E-state index contributed by atoms with van der Waals surface area (Å²) < 4.78 is 66.5. The van der Waals surface area contributed by atoms with E-state index in [9.17, 15) is 52.1 Å². The van der Waals surface area contributed by atoms with Gasteiger partial charge in [-0.3, -0.25) is 48.5 Å². The number of carbonyl (C=O) groups excluding carboxylic acids is 5. The fourth-order valence-electron chi connectivity index (χ4n) is 16.4. The van der Waals surface area contributed by atoms with Crippen molar-refractivity contribution in [1.82, 2.24) is 29.5 Å². The molecule has 0 spiro atoms. The first kappa shape index (κ1) is 89.1. The van der Waals surface area contributed by atoms with E-state index in [4.69, 9.17) is 43.1 Å². The molecule has 7 aliphatic rings. The van der Waals surface area contributed by atoms with Crippen LogP contribution in [0.15, 0.2) is 193 Å². The first-order valence-corrected chi connectivity index (χ1v) is 43.4. The van der Waals surface area contributed by atoms with Crippen molar-refractivity contribution in [1.29, 1.82) is 10.5 Å². The number of hydrogen-bond donors (Lipinski definition) is 5. The van der Waals surface area contributed by atoms with Gasteiger partial charge in [-0.15, -0.1) is 45.3 Å². The maximum absolute atomic E-state index is 13.8. The van der Waals surface area contributed by atoms with E-state index in [2.05, 4.69) is 60.7 Å². The van der Waals surface area contributed by atoms with Gasteiger partial charge in [0.1, 0.15) is 45.4 Å². The van der Waals surface area contributed by atoms with Crippen LogP contribution in [0.2, 0.25) is 0 Å². The predicted octanol–water partition coefficient (Wildman–Crippen LogP) is 15.0. The Morgan fingerprint density at radius 3 is 1.81 bits per heavy atom. The molecule has 0 radical (unpaired) electrons.